The van der Waals surface area contributed by atoms with Crippen LogP contribution in [0.2, 0.25) is 0 Å². The lowest BCUT2D eigenvalue weighted by Gasteiger charge is -2.23. The summed E-state index contributed by atoms with van der Waals surface area (Å²) in [5.74, 6) is -0.821. The van der Waals surface area contributed by atoms with Gasteiger partial charge in [-0.2, -0.15) is 0 Å². The highest BCUT2D eigenvalue weighted by atomic mass is 19.1. The van der Waals surface area contributed by atoms with Gasteiger partial charge in [-0.3, -0.25) is 9.59 Å². The Bertz CT molecular complexity index is 1020. The number of carbonyl (C=O) groups excluding carboxylic acids is 2. The Kier molecular flexibility index (Phi) is 7.90. The fourth-order valence-corrected chi connectivity index (χ4v) is 3.29. The standard InChI is InChI=1S/C25H26FN3O2/c26-22-11-5-10-21(17-22)25(31)29(14-6-13-27)18-20-9-4-12-23(15-20)28-24(30)16-19-7-2-1-3-8-19/h1-5,7-12,15,17H,6,13-14,16,18,27H2,(H,28,30). The monoisotopic (exact) mass is 419 g/mol. The predicted octanol–water partition coefficient (Wildman–Crippen LogP) is 4.00. The molecule has 0 saturated carbocycles. The second kappa shape index (κ2) is 11.0. The molecule has 3 rings (SSSR count). The van der Waals surface area contributed by atoms with Gasteiger partial charge < -0.3 is 16.0 Å². The number of rotatable bonds is 9. The summed E-state index contributed by atoms with van der Waals surface area (Å²) in [5.41, 5.74) is 8.38. The largest absolute Gasteiger partial charge is 0.334 e. The van der Waals surface area contributed by atoms with Gasteiger partial charge in [0.1, 0.15) is 5.82 Å². The van der Waals surface area contributed by atoms with E-state index in [1.54, 1.807) is 11.0 Å². The summed E-state index contributed by atoms with van der Waals surface area (Å²) in [7, 11) is 0. The molecule has 31 heavy (non-hydrogen) atoms. The van der Waals surface area contributed by atoms with Crippen molar-refractivity contribution in [2.24, 2.45) is 5.73 Å². The normalized spacial score (nSPS) is 10.5. The molecule has 0 aliphatic heterocycles. The van der Waals surface area contributed by atoms with Crippen LogP contribution in [0.3, 0.4) is 0 Å². The molecule has 0 heterocycles. The topological polar surface area (TPSA) is 75.4 Å². The van der Waals surface area contributed by atoms with Crippen molar-refractivity contribution in [3.05, 3.63) is 101 Å². The van der Waals surface area contributed by atoms with E-state index in [0.29, 0.717) is 37.3 Å². The smallest absolute Gasteiger partial charge is 0.254 e. The van der Waals surface area contributed by atoms with E-state index < -0.39 is 5.82 Å². The molecule has 0 bridgehead atoms. The van der Waals surface area contributed by atoms with E-state index in [9.17, 15) is 14.0 Å². The van der Waals surface area contributed by atoms with Crippen molar-refractivity contribution < 1.29 is 14.0 Å². The first-order valence-corrected chi connectivity index (χ1v) is 10.2. The van der Waals surface area contributed by atoms with Crippen LogP contribution < -0.4 is 11.1 Å². The van der Waals surface area contributed by atoms with Crippen LogP contribution in [0.1, 0.15) is 27.9 Å². The molecule has 3 aromatic rings. The summed E-state index contributed by atoms with van der Waals surface area (Å²) < 4.78 is 13.6. The summed E-state index contributed by atoms with van der Waals surface area (Å²) in [6.45, 7) is 1.23. The first-order valence-electron chi connectivity index (χ1n) is 10.2. The van der Waals surface area contributed by atoms with Gasteiger partial charge in [-0.05, 0) is 54.4 Å². The molecule has 0 spiro atoms. The van der Waals surface area contributed by atoms with E-state index in [4.69, 9.17) is 5.73 Å². The van der Waals surface area contributed by atoms with Gasteiger partial charge in [0.15, 0.2) is 0 Å². The number of hydrogen-bond acceptors (Lipinski definition) is 3. The highest BCUT2D eigenvalue weighted by Crippen LogP contribution is 2.16. The maximum absolute atomic E-state index is 13.6. The van der Waals surface area contributed by atoms with Gasteiger partial charge in [-0.1, -0.05) is 48.5 Å². The van der Waals surface area contributed by atoms with E-state index in [0.717, 1.165) is 11.1 Å². The maximum Gasteiger partial charge on any atom is 0.254 e. The van der Waals surface area contributed by atoms with E-state index in [2.05, 4.69) is 5.32 Å². The number of anilines is 1. The third-order valence-electron chi connectivity index (χ3n) is 4.78. The molecule has 0 unspecified atom stereocenters. The average molecular weight is 420 g/mol. The van der Waals surface area contributed by atoms with Gasteiger partial charge in [-0.25, -0.2) is 4.39 Å². The molecule has 3 aromatic carbocycles. The summed E-state index contributed by atoms with van der Waals surface area (Å²) in [6, 6.07) is 22.6. The van der Waals surface area contributed by atoms with Gasteiger partial charge >= 0.3 is 0 Å². The van der Waals surface area contributed by atoms with Crippen molar-refractivity contribution in [3.8, 4) is 0 Å². The van der Waals surface area contributed by atoms with E-state index >= 15 is 0 Å². The van der Waals surface area contributed by atoms with Crippen LogP contribution in [0, 0.1) is 5.82 Å². The van der Waals surface area contributed by atoms with Crippen LogP contribution in [0.25, 0.3) is 0 Å². The number of nitrogens with zero attached hydrogens (tertiary/aromatic N) is 1. The Morgan fingerprint density at radius 2 is 1.65 bits per heavy atom. The van der Waals surface area contributed by atoms with Gasteiger partial charge in [0, 0.05) is 24.3 Å². The van der Waals surface area contributed by atoms with Gasteiger partial charge in [0.25, 0.3) is 5.91 Å². The Balaban J connectivity index is 1.70. The number of halogens is 1. The van der Waals surface area contributed by atoms with Crippen molar-refractivity contribution in [2.75, 3.05) is 18.4 Å². The fourth-order valence-electron chi connectivity index (χ4n) is 3.29. The Morgan fingerprint density at radius 3 is 2.39 bits per heavy atom. The molecule has 0 aromatic heterocycles. The molecule has 0 saturated heterocycles. The zero-order chi connectivity index (χ0) is 22.1. The van der Waals surface area contributed by atoms with Crippen LogP contribution in [0.5, 0.6) is 0 Å². The minimum atomic E-state index is -0.451. The summed E-state index contributed by atoms with van der Waals surface area (Å²) in [6.07, 6.45) is 0.917. The minimum Gasteiger partial charge on any atom is -0.334 e. The zero-order valence-corrected chi connectivity index (χ0v) is 17.3. The lowest BCUT2D eigenvalue weighted by Crippen LogP contribution is -2.32. The van der Waals surface area contributed by atoms with Crippen LogP contribution in [-0.4, -0.2) is 29.8 Å². The zero-order valence-electron chi connectivity index (χ0n) is 17.3. The maximum atomic E-state index is 13.6. The summed E-state index contributed by atoms with van der Waals surface area (Å²) in [5, 5.41) is 2.90. The molecular weight excluding hydrogens is 393 g/mol. The first kappa shape index (κ1) is 22.2. The molecule has 160 valence electrons. The number of nitrogens with two attached hydrogens (primary N) is 1. The Hall–Kier alpha value is -3.51. The van der Waals surface area contributed by atoms with Gasteiger partial charge in [-0.15, -0.1) is 0 Å². The molecule has 2 amide bonds. The van der Waals surface area contributed by atoms with Crippen LogP contribution in [-0.2, 0) is 17.8 Å². The van der Waals surface area contributed by atoms with Crippen molar-refractivity contribution in [3.63, 3.8) is 0 Å². The van der Waals surface area contributed by atoms with Crippen molar-refractivity contribution >= 4 is 17.5 Å². The number of nitrogens with one attached hydrogen (secondary N) is 1. The molecule has 0 radical (unpaired) electrons. The molecule has 3 N–H and O–H groups in total. The van der Waals surface area contributed by atoms with Gasteiger partial charge in [0.2, 0.25) is 5.91 Å². The molecule has 5 nitrogen and oxygen atoms in total. The molecular formula is C25H26FN3O2. The van der Waals surface area contributed by atoms with Crippen LogP contribution in [0.15, 0.2) is 78.9 Å². The number of carbonyl (C=O) groups is 2. The predicted molar refractivity (Wildman–Crippen MR) is 120 cm³/mol. The van der Waals surface area contributed by atoms with Crippen molar-refractivity contribution in [2.45, 2.75) is 19.4 Å². The average Bonchev–Trinajstić information content (AvgIpc) is 2.77. The Labute approximate surface area is 181 Å². The van der Waals surface area contributed by atoms with Crippen LogP contribution in [0.4, 0.5) is 10.1 Å². The number of benzene rings is 3. The van der Waals surface area contributed by atoms with Crippen LogP contribution >= 0.6 is 0 Å². The minimum absolute atomic E-state index is 0.112. The fraction of sp³-hybridized carbons (Fsp3) is 0.200. The molecule has 6 heteroatoms. The second-order valence-electron chi connectivity index (χ2n) is 7.29. The summed E-state index contributed by atoms with van der Waals surface area (Å²) in [4.78, 5) is 26.9. The molecule has 0 fully saturated rings. The lowest BCUT2D eigenvalue weighted by atomic mass is 10.1. The molecule has 0 aliphatic carbocycles. The quantitative estimate of drug-likeness (QED) is 0.551. The van der Waals surface area contributed by atoms with E-state index in [1.165, 1.54) is 18.2 Å². The van der Waals surface area contributed by atoms with E-state index in [1.807, 2.05) is 54.6 Å². The lowest BCUT2D eigenvalue weighted by molar-refractivity contribution is -0.115. The third kappa shape index (κ3) is 6.76. The highest BCUT2D eigenvalue weighted by molar-refractivity contribution is 5.94. The molecule has 0 atom stereocenters. The van der Waals surface area contributed by atoms with Crippen molar-refractivity contribution in [1.82, 2.24) is 4.90 Å². The Morgan fingerprint density at radius 1 is 0.903 bits per heavy atom. The first-order chi connectivity index (χ1) is 15.0. The second-order valence-corrected chi connectivity index (χ2v) is 7.29. The van der Waals surface area contributed by atoms with E-state index in [-0.39, 0.29) is 18.2 Å². The third-order valence-corrected chi connectivity index (χ3v) is 4.78. The number of hydrogen-bond donors (Lipinski definition) is 2. The van der Waals surface area contributed by atoms with Crippen molar-refractivity contribution in [1.29, 1.82) is 0 Å². The van der Waals surface area contributed by atoms with Gasteiger partial charge in [0.05, 0.1) is 6.42 Å². The summed E-state index contributed by atoms with van der Waals surface area (Å²) >= 11 is 0. The SMILES string of the molecule is NCCCN(Cc1cccc(NC(=O)Cc2ccccc2)c1)C(=O)c1cccc(F)c1. The number of amides is 2. The highest BCUT2D eigenvalue weighted by Gasteiger charge is 2.17. The molecule has 0 aliphatic rings.